The molecule has 1 N–H and O–H groups in total. The Hall–Kier alpha value is -3.61. The standard InChI is InChI=1S/C28H32N2O5/c1-3-4-5-9-27(31)30-18-22-16-23(12-11-21(22)17-25(30)28(32)33)34-15-14-24-19(2)35-26(29-24)13-10-20-7-6-8-20/h3-5,9-13,16,20,25H,6-8,14-15,17-18H2,1-2H3,(H,32,33)/b4-3+,9-5+,13-10+/t25-/m0/s1. The van der Waals surface area contributed by atoms with Crippen LogP contribution in [0.1, 0.15) is 54.7 Å². The fourth-order valence-corrected chi connectivity index (χ4v) is 4.32. The lowest BCUT2D eigenvalue weighted by Gasteiger charge is -2.34. The number of carbonyl (C=O) groups is 2. The number of ether oxygens (including phenoxy) is 1. The summed E-state index contributed by atoms with van der Waals surface area (Å²) >= 11 is 0. The molecule has 0 bridgehead atoms. The van der Waals surface area contributed by atoms with Crippen LogP contribution in [0.25, 0.3) is 6.08 Å². The van der Waals surface area contributed by atoms with Gasteiger partial charge in [-0.05, 0) is 61.9 Å². The summed E-state index contributed by atoms with van der Waals surface area (Å²) in [4.78, 5) is 30.4. The molecule has 2 heterocycles. The van der Waals surface area contributed by atoms with Crippen molar-refractivity contribution in [3.8, 4) is 5.75 Å². The Kier molecular flexibility index (Phi) is 7.85. The second-order valence-corrected chi connectivity index (χ2v) is 9.04. The molecule has 1 fully saturated rings. The number of fused-ring (bicyclic) bond motifs is 1. The number of carboxylic acid groups (broad SMARTS) is 1. The summed E-state index contributed by atoms with van der Waals surface area (Å²) in [6.45, 7) is 4.42. The molecule has 0 unspecified atom stereocenters. The Morgan fingerprint density at radius 1 is 1.26 bits per heavy atom. The third-order valence-corrected chi connectivity index (χ3v) is 6.60. The van der Waals surface area contributed by atoms with Crippen molar-refractivity contribution >= 4 is 18.0 Å². The van der Waals surface area contributed by atoms with Gasteiger partial charge in [-0.25, -0.2) is 9.78 Å². The van der Waals surface area contributed by atoms with Crippen LogP contribution in [0.2, 0.25) is 0 Å². The maximum atomic E-state index is 12.6. The highest BCUT2D eigenvalue weighted by molar-refractivity contribution is 5.92. The molecule has 7 heteroatoms. The largest absolute Gasteiger partial charge is 0.493 e. The van der Waals surface area contributed by atoms with E-state index in [1.54, 1.807) is 18.2 Å². The van der Waals surface area contributed by atoms with Gasteiger partial charge >= 0.3 is 5.97 Å². The number of amides is 1. The van der Waals surface area contributed by atoms with Gasteiger partial charge in [0.25, 0.3) is 0 Å². The second kappa shape index (κ2) is 11.2. The van der Waals surface area contributed by atoms with Crippen molar-refractivity contribution in [1.29, 1.82) is 0 Å². The molecule has 1 amide bonds. The maximum Gasteiger partial charge on any atom is 0.326 e. The first-order chi connectivity index (χ1) is 16.9. The molecular formula is C28H32N2O5. The topological polar surface area (TPSA) is 92.9 Å². The molecule has 0 saturated heterocycles. The van der Waals surface area contributed by atoms with E-state index in [-0.39, 0.29) is 18.9 Å². The Bertz CT molecular complexity index is 1160. The highest BCUT2D eigenvalue weighted by atomic mass is 16.5. The van der Waals surface area contributed by atoms with Crippen LogP contribution in [0.3, 0.4) is 0 Å². The van der Waals surface area contributed by atoms with Gasteiger partial charge in [0.05, 0.1) is 12.3 Å². The lowest BCUT2D eigenvalue weighted by atomic mass is 9.85. The molecule has 35 heavy (non-hydrogen) atoms. The first-order valence-corrected chi connectivity index (χ1v) is 12.2. The zero-order valence-electron chi connectivity index (χ0n) is 20.3. The average Bonchev–Trinajstić information content (AvgIpc) is 3.16. The van der Waals surface area contributed by atoms with Crippen molar-refractivity contribution in [3.63, 3.8) is 0 Å². The molecule has 2 aromatic rings. The number of rotatable bonds is 9. The van der Waals surface area contributed by atoms with Gasteiger partial charge in [0, 0.05) is 25.5 Å². The van der Waals surface area contributed by atoms with E-state index >= 15 is 0 Å². The summed E-state index contributed by atoms with van der Waals surface area (Å²) in [6.07, 6.45) is 15.4. The van der Waals surface area contributed by atoms with Gasteiger partial charge in [0.1, 0.15) is 17.6 Å². The predicted molar refractivity (Wildman–Crippen MR) is 133 cm³/mol. The number of carboxylic acids is 1. The lowest BCUT2D eigenvalue weighted by molar-refractivity contribution is -0.149. The smallest absolute Gasteiger partial charge is 0.326 e. The third-order valence-electron chi connectivity index (χ3n) is 6.60. The van der Waals surface area contributed by atoms with Crippen LogP contribution >= 0.6 is 0 Å². The van der Waals surface area contributed by atoms with Gasteiger partial charge in [0.2, 0.25) is 11.8 Å². The molecular weight excluding hydrogens is 444 g/mol. The molecule has 0 radical (unpaired) electrons. The molecule has 2 aliphatic rings. The van der Waals surface area contributed by atoms with Crippen molar-refractivity contribution in [2.45, 2.75) is 58.5 Å². The fraction of sp³-hybridized carbons (Fsp3) is 0.393. The number of allylic oxidation sites excluding steroid dienone is 4. The summed E-state index contributed by atoms with van der Waals surface area (Å²) in [7, 11) is 0. The van der Waals surface area contributed by atoms with Crippen LogP contribution in [0.15, 0.2) is 53.0 Å². The molecule has 7 nitrogen and oxygen atoms in total. The van der Waals surface area contributed by atoms with E-state index in [4.69, 9.17) is 9.15 Å². The number of aryl methyl sites for hydroxylation is 1. The molecule has 1 aromatic carbocycles. The molecule has 1 aliphatic carbocycles. The van der Waals surface area contributed by atoms with E-state index in [1.165, 1.54) is 30.2 Å². The number of aromatic nitrogens is 1. The number of hydrogen-bond acceptors (Lipinski definition) is 5. The Labute approximate surface area is 205 Å². The summed E-state index contributed by atoms with van der Waals surface area (Å²) in [5.74, 6) is 1.44. The van der Waals surface area contributed by atoms with Crippen LogP contribution in [0, 0.1) is 12.8 Å². The third kappa shape index (κ3) is 6.10. The van der Waals surface area contributed by atoms with Crippen molar-refractivity contribution in [2.75, 3.05) is 6.61 Å². The molecule has 0 spiro atoms. The molecule has 184 valence electrons. The maximum absolute atomic E-state index is 12.6. The Morgan fingerprint density at radius 3 is 2.80 bits per heavy atom. The van der Waals surface area contributed by atoms with Crippen molar-refractivity contribution in [1.82, 2.24) is 9.88 Å². The van der Waals surface area contributed by atoms with Crippen LogP contribution < -0.4 is 4.74 Å². The van der Waals surface area contributed by atoms with Crippen molar-refractivity contribution in [3.05, 3.63) is 77.1 Å². The summed E-state index contributed by atoms with van der Waals surface area (Å²) in [5.41, 5.74) is 2.69. The van der Waals surface area contributed by atoms with Gasteiger partial charge in [-0.3, -0.25) is 4.79 Å². The number of hydrogen-bond donors (Lipinski definition) is 1. The predicted octanol–water partition coefficient (Wildman–Crippen LogP) is 4.89. The monoisotopic (exact) mass is 476 g/mol. The lowest BCUT2D eigenvalue weighted by Crippen LogP contribution is -2.48. The van der Waals surface area contributed by atoms with Crippen molar-refractivity contribution < 1.29 is 23.8 Å². The number of nitrogens with zero attached hydrogens (tertiary/aromatic N) is 2. The van der Waals surface area contributed by atoms with E-state index in [1.807, 2.05) is 38.1 Å². The molecule has 1 atom stereocenters. The van der Waals surface area contributed by atoms with Crippen LogP contribution in [-0.2, 0) is 29.0 Å². The van der Waals surface area contributed by atoms with Crippen LogP contribution in [0.5, 0.6) is 5.75 Å². The Balaban J connectivity index is 1.38. The quantitative estimate of drug-likeness (QED) is 0.409. The first kappa shape index (κ1) is 24.5. The van der Waals surface area contributed by atoms with E-state index in [9.17, 15) is 14.7 Å². The van der Waals surface area contributed by atoms with Gasteiger partial charge < -0.3 is 19.2 Å². The zero-order chi connectivity index (χ0) is 24.8. The summed E-state index contributed by atoms with van der Waals surface area (Å²) in [5, 5.41) is 9.66. The molecule has 1 saturated carbocycles. The van der Waals surface area contributed by atoms with E-state index in [2.05, 4.69) is 11.1 Å². The Morgan fingerprint density at radius 2 is 2.09 bits per heavy atom. The van der Waals surface area contributed by atoms with Gasteiger partial charge in [-0.1, -0.05) is 36.8 Å². The van der Waals surface area contributed by atoms with E-state index in [0.717, 1.165) is 22.6 Å². The minimum Gasteiger partial charge on any atom is -0.493 e. The van der Waals surface area contributed by atoms with E-state index in [0.29, 0.717) is 30.6 Å². The fourth-order valence-electron chi connectivity index (χ4n) is 4.32. The highest BCUT2D eigenvalue weighted by Crippen LogP contribution is 2.29. The van der Waals surface area contributed by atoms with Crippen LogP contribution in [-0.4, -0.2) is 39.5 Å². The highest BCUT2D eigenvalue weighted by Gasteiger charge is 2.33. The zero-order valence-corrected chi connectivity index (χ0v) is 20.3. The molecule has 4 rings (SSSR count). The normalized spacial score (nSPS) is 18.3. The van der Waals surface area contributed by atoms with Gasteiger partial charge in [0.15, 0.2) is 0 Å². The number of oxazole rings is 1. The number of aliphatic carboxylic acids is 1. The molecule has 1 aromatic heterocycles. The second-order valence-electron chi connectivity index (χ2n) is 9.04. The summed E-state index contributed by atoms with van der Waals surface area (Å²) in [6, 6.07) is 4.75. The van der Waals surface area contributed by atoms with E-state index < -0.39 is 12.0 Å². The molecule has 1 aliphatic heterocycles. The minimum absolute atomic E-state index is 0.224. The first-order valence-electron chi connectivity index (χ1n) is 12.2. The van der Waals surface area contributed by atoms with Crippen LogP contribution in [0.4, 0.5) is 0 Å². The van der Waals surface area contributed by atoms with Gasteiger partial charge in [-0.2, -0.15) is 0 Å². The number of benzene rings is 1. The summed E-state index contributed by atoms with van der Waals surface area (Å²) < 4.78 is 11.7. The average molecular weight is 477 g/mol. The minimum atomic E-state index is -1.01. The number of carbonyl (C=O) groups excluding carboxylic acids is 1. The van der Waals surface area contributed by atoms with Gasteiger partial charge in [-0.15, -0.1) is 0 Å². The van der Waals surface area contributed by atoms with Crippen molar-refractivity contribution in [2.24, 2.45) is 5.92 Å². The SMILES string of the molecule is C/C=C/C=C/C(=O)N1Cc2cc(OCCc3nc(/C=C/C4CCC4)oc3C)ccc2C[C@H]1C(=O)O.